The number of hydrogen-bond acceptors (Lipinski definition) is 8. The second-order valence-corrected chi connectivity index (χ2v) is 12.9. The summed E-state index contributed by atoms with van der Waals surface area (Å²) in [7, 11) is 0. The molecule has 2 rings (SSSR count). The summed E-state index contributed by atoms with van der Waals surface area (Å²) in [6.07, 6.45) is -0.916. The SMILES string of the molecule is CCc1oc([C@@H](C)[C@H]2O[C@@](O)([C@H](C)C(=O)[C@H](C)[C@@H](O)[C@@H](C)CC)[C@H](C)[C@H](OC(=O)CC(C)C)[C@@H]2C)c(C)c(=O)c1C. The number of aliphatic hydroxyl groups excluding tert-OH is 1. The molecule has 0 unspecified atom stereocenters. The van der Waals surface area contributed by atoms with Gasteiger partial charge in [0.05, 0.1) is 18.1 Å². The first-order chi connectivity index (χ1) is 18.9. The maximum atomic E-state index is 13.7. The number of esters is 1. The molecule has 0 aliphatic carbocycles. The van der Waals surface area contributed by atoms with E-state index in [0.29, 0.717) is 35.5 Å². The van der Waals surface area contributed by atoms with E-state index in [1.807, 2.05) is 48.5 Å². The Kier molecular flexibility index (Phi) is 12.0. The van der Waals surface area contributed by atoms with E-state index in [1.54, 1.807) is 34.6 Å². The minimum absolute atomic E-state index is 0.0851. The van der Waals surface area contributed by atoms with Crippen LogP contribution >= 0.6 is 0 Å². The first kappa shape index (κ1) is 35.2. The standard InChI is InChI=1S/C33H54O8/c1-13-17(5)27(35)19(7)29(37)23(11)33(38)24(12)32(40-26(34)15-16(3)4)22(10)31(41-33)21(9)30-20(8)28(36)18(6)25(14-2)39-30/h16-17,19,21-24,27,31-32,35,38H,13-15H2,1-12H3/t17-,19+,21+,22+,23+,24+,27-,31+,32+,33-/m0/s1. The van der Waals surface area contributed by atoms with Gasteiger partial charge in [0.15, 0.2) is 11.2 Å². The van der Waals surface area contributed by atoms with E-state index in [4.69, 9.17) is 13.9 Å². The third-order valence-corrected chi connectivity index (χ3v) is 9.51. The molecule has 41 heavy (non-hydrogen) atoms. The van der Waals surface area contributed by atoms with E-state index in [9.17, 15) is 24.6 Å². The van der Waals surface area contributed by atoms with E-state index >= 15 is 0 Å². The van der Waals surface area contributed by atoms with Crippen LogP contribution in [0.3, 0.4) is 0 Å². The molecule has 1 aliphatic rings. The summed E-state index contributed by atoms with van der Waals surface area (Å²) in [5, 5.41) is 23.0. The molecule has 8 heteroatoms. The zero-order valence-electron chi connectivity index (χ0n) is 27.2. The second kappa shape index (κ2) is 14.0. The molecule has 0 amide bonds. The molecule has 1 fully saturated rings. The largest absolute Gasteiger partial charge is 0.465 e. The molecule has 10 atom stereocenters. The number of hydrogen-bond donors (Lipinski definition) is 2. The van der Waals surface area contributed by atoms with Gasteiger partial charge in [-0.2, -0.15) is 0 Å². The van der Waals surface area contributed by atoms with Crippen LogP contribution < -0.4 is 5.43 Å². The highest BCUT2D eigenvalue weighted by molar-refractivity contribution is 5.84. The highest BCUT2D eigenvalue weighted by Crippen LogP contribution is 2.47. The summed E-state index contributed by atoms with van der Waals surface area (Å²) in [5.41, 5.74) is 0.934. The zero-order chi connectivity index (χ0) is 31.6. The van der Waals surface area contributed by atoms with Crippen LogP contribution in [0.5, 0.6) is 0 Å². The molecule has 8 nitrogen and oxygen atoms in total. The van der Waals surface area contributed by atoms with Crippen LogP contribution in [0.4, 0.5) is 0 Å². The fraction of sp³-hybridized carbons (Fsp3) is 0.788. The van der Waals surface area contributed by atoms with Crippen molar-refractivity contribution in [1.29, 1.82) is 0 Å². The van der Waals surface area contributed by atoms with Gasteiger partial charge in [-0.25, -0.2) is 0 Å². The Bertz CT molecular complexity index is 1120. The summed E-state index contributed by atoms with van der Waals surface area (Å²) >= 11 is 0. The summed E-state index contributed by atoms with van der Waals surface area (Å²) in [6, 6.07) is 0. The van der Waals surface area contributed by atoms with Crippen LogP contribution in [0.1, 0.15) is 111 Å². The number of aryl methyl sites for hydroxylation is 1. The molecule has 1 aromatic rings. The van der Waals surface area contributed by atoms with Crippen molar-refractivity contribution in [3.63, 3.8) is 0 Å². The van der Waals surface area contributed by atoms with Gasteiger partial charge in [0, 0.05) is 47.6 Å². The third-order valence-electron chi connectivity index (χ3n) is 9.51. The number of Topliss-reactive ketones (excluding diaryl/α,β-unsaturated/α-hetero) is 1. The predicted molar refractivity (Wildman–Crippen MR) is 159 cm³/mol. The fourth-order valence-electron chi connectivity index (χ4n) is 6.33. The molecule has 2 N–H and O–H groups in total. The van der Waals surface area contributed by atoms with E-state index in [1.165, 1.54) is 0 Å². The quantitative estimate of drug-likeness (QED) is 0.312. The van der Waals surface area contributed by atoms with Crippen molar-refractivity contribution in [3.05, 3.63) is 32.9 Å². The lowest BCUT2D eigenvalue weighted by Crippen LogP contribution is -2.63. The Labute approximate surface area is 246 Å². The maximum absolute atomic E-state index is 13.7. The predicted octanol–water partition coefficient (Wildman–Crippen LogP) is 5.49. The van der Waals surface area contributed by atoms with Gasteiger partial charge in [-0.15, -0.1) is 0 Å². The first-order valence-electron chi connectivity index (χ1n) is 15.4. The Hall–Kier alpha value is -2.03. The van der Waals surface area contributed by atoms with E-state index in [0.717, 1.165) is 0 Å². The number of aliphatic hydroxyl groups is 2. The number of rotatable bonds is 12. The van der Waals surface area contributed by atoms with E-state index in [2.05, 4.69) is 0 Å². The molecule has 234 valence electrons. The van der Waals surface area contributed by atoms with Crippen LogP contribution in [-0.2, 0) is 25.5 Å². The van der Waals surface area contributed by atoms with Crippen molar-refractivity contribution in [2.75, 3.05) is 0 Å². The number of ketones is 1. The smallest absolute Gasteiger partial charge is 0.306 e. The summed E-state index contributed by atoms with van der Waals surface area (Å²) in [4.78, 5) is 39.7. The van der Waals surface area contributed by atoms with Crippen LogP contribution in [0.2, 0.25) is 0 Å². The normalized spacial score (nSPS) is 28.6. The molecule has 0 spiro atoms. The average molecular weight is 579 g/mol. The third kappa shape index (κ3) is 7.14. The second-order valence-electron chi connectivity index (χ2n) is 12.9. The van der Waals surface area contributed by atoms with Gasteiger partial charge in [0.1, 0.15) is 23.4 Å². The van der Waals surface area contributed by atoms with E-state index in [-0.39, 0.29) is 35.4 Å². The number of carbonyl (C=O) groups excluding carboxylic acids is 2. The Morgan fingerprint density at radius 1 is 1.02 bits per heavy atom. The van der Waals surface area contributed by atoms with Gasteiger partial charge in [0.25, 0.3) is 0 Å². The van der Waals surface area contributed by atoms with Gasteiger partial charge >= 0.3 is 5.97 Å². The number of ether oxygens (including phenoxy) is 2. The Morgan fingerprint density at radius 2 is 1.61 bits per heavy atom. The lowest BCUT2D eigenvalue weighted by Gasteiger charge is -2.52. The molecule has 0 aromatic carbocycles. The average Bonchev–Trinajstić information content (AvgIpc) is 2.93. The zero-order valence-corrected chi connectivity index (χ0v) is 27.2. The van der Waals surface area contributed by atoms with E-state index < -0.39 is 53.7 Å². The lowest BCUT2D eigenvalue weighted by atomic mass is 9.70. The van der Waals surface area contributed by atoms with Gasteiger partial charge in [0.2, 0.25) is 0 Å². The Morgan fingerprint density at radius 3 is 2.12 bits per heavy atom. The van der Waals surface area contributed by atoms with Crippen LogP contribution in [0.15, 0.2) is 9.21 Å². The summed E-state index contributed by atoms with van der Waals surface area (Å²) in [5.74, 6) is -5.08. The molecule has 2 heterocycles. The maximum Gasteiger partial charge on any atom is 0.306 e. The molecule has 1 aliphatic heterocycles. The van der Waals surface area contributed by atoms with Crippen molar-refractivity contribution in [1.82, 2.24) is 0 Å². The van der Waals surface area contributed by atoms with Crippen molar-refractivity contribution >= 4 is 11.8 Å². The molecular weight excluding hydrogens is 524 g/mol. The molecule has 0 bridgehead atoms. The monoisotopic (exact) mass is 578 g/mol. The van der Waals surface area contributed by atoms with Crippen LogP contribution in [-0.4, -0.2) is 46.1 Å². The molecule has 1 saturated heterocycles. The first-order valence-corrected chi connectivity index (χ1v) is 15.4. The van der Waals surface area contributed by atoms with Crippen molar-refractivity contribution < 1.29 is 33.7 Å². The van der Waals surface area contributed by atoms with Crippen LogP contribution in [0, 0.1) is 49.4 Å². The van der Waals surface area contributed by atoms with Gasteiger partial charge in [-0.05, 0) is 25.7 Å². The highest BCUT2D eigenvalue weighted by Gasteiger charge is 2.58. The summed E-state index contributed by atoms with van der Waals surface area (Å²) in [6.45, 7) is 21.9. The molecular formula is C33H54O8. The Balaban J connectivity index is 2.61. The topological polar surface area (TPSA) is 123 Å². The number of carbonyl (C=O) groups is 2. The summed E-state index contributed by atoms with van der Waals surface area (Å²) < 4.78 is 18.8. The van der Waals surface area contributed by atoms with Crippen molar-refractivity contribution in [2.24, 2.45) is 35.5 Å². The lowest BCUT2D eigenvalue weighted by molar-refractivity contribution is -0.337. The minimum atomic E-state index is -2.00. The highest BCUT2D eigenvalue weighted by atomic mass is 16.6. The van der Waals surface area contributed by atoms with Gasteiger partial charge in [-0.3, -0.25) is 14.4 Å². The molecule has 0 radical (unpaired) electrons. The molecule has 0 saturated carbocycles. The van der Waals surface area contributed by atoms with Gasteiger partial charge in [-0.1, -0.05) is 75.7 Å². The van der Waals surface area contributed by atoms with Crippen molar-refractivity contribution in [2.45, 2.75) is 132 Å². The molecule has 1 aromatic heterocycles. The van der Waals surface area contributed by atoms with Crippen molar-refractivity contribution in [3.8, 4) is 0 Å². The fourth-order valence-corrected chi connectivity index (χ4v) is 6.33. The van der Waals surface area contributed by atoms with Gasteiger partial charge < -0.3 is 24.1 Å². The van der Waals surface area contributed by atoms with Crippen LogP contribution in [0.25, 0.3) is 0 Å². The minimum Gasteiger partial charge on any atom is -0.465 e.